The lowest BCUT2D eigenvalue weighted by Crippen LogP contribution is -2.47. The van der Waals surface area contributed by atoms with Crippen molar-refractivity contribution in [3.63, 3.8) is 0 Å². The Kier molecular flexibility index (Phi) is 5.99. The number of ether oxygens (including phenoxy) is 1. The van der Waals surface area contributed by atoms with Crippen molar-refractivity contribution in [2.24, 2.45) is 0 Å². The van der Waals surface area contributed by atoms with Gasteiger partial charge < -0.3 is 10.1 Å². The molecule has 1 aromatic carbocycles. The zero-order chi connectivity index (χ0) is 17.9. The molecule has 0 aliphatic carbocycles. The summed E-state index contributed by atoms with van der Waals surface area (Å²) in [5, 5.41) is 4.36. The first-order chi connectivity index (χ1) is 11.2. The van der Waals surface area contributed by atoms with Gasteiger partial charge in [0.2, 0.25) is 0 Å². The Morgan fingerprint density at radius 3 is 2.67 bits per heavy atom. The number of pyridine rings is 1. The van der Waals surface area contributed by atoms with Crippen molar-refractivity contribution in [1.82, 2.24) is 10.3 Å². The number of carbonyl (C=O) groups is 1. The van der Waals surface area contributed by atoms with Gasteiger partial charge in [-0.05, 0) is 45.6 Å². The van der Waals surface area contributed by atoms with E-state index in [1.54, 1.807) is 24.0 Å². The number of rotatable bonds is 5. The summed E-state index contributed by atoms with van der Waals surface area (Å²) in [6, 6.07) is 5.60. The standard InChI is InChI=1S/C18H23ClN2O2S/c1-6-15(17(22)21-18(2,3)4)23-12-7-11-8-13(24-5)10-20-16(11)14(19)9-12/h7-10,15H,6H2,1-5H3,(H,21,22). The van der Waals surface area contributed by atoms with E-state index < -0.39 is 6.10 Å². The van der Waals surface area contributed by atoms with Crippen LogP contribution in [0.1, 0.15) is 34.1 Å². The van der Waals surface area contributed by atoms with Crippen LogP contribution in [0.4, 0.5) is 0 Å². The van der Waals surface area contributed by atoms with E-state index in [1.807, 2.05) is 46.1 Å². The monoisotopic (exact) mass is 366 g/mol. The number of aromatic nitrogens is 1. The molecule has 0 aliphatic rings. The third-order valence-electron chi connectivity index (χ3n) is 3.36. The van der Waals surface area contributed by atoms with Crippen LogP contribution in [-0.2, 0) is 4.79 Å². The Morgan fingerprint density at radius 1 is 1.38 bits per heavy atom. The number of amides is 1. The van der Waals surface area contributed by atoms with Gasteiger partial charge in [-0.3, -0.25) is 9.78 Å². The van der Waals surface area contributed by atoms with E-state index in [2.05, 4.69) is 10.3 Å². The minimum absolute atomic E-state index is 0.128. The minimum atomic E-state index is -0.561. The SMILES string of the molecule is CCC(Oc1cc(Cl)c2ncc(SC)cc2c1)C(=O)NC(C)(C)C. The Hall–Kier alpha value is -1.46. The first-order valence-electron chi connectivity index (χ1n) is 7.85. The molecular weight excluding hydrogens is 344 g/mol. The van der Waals surface area contributed by atoms with Crippen molar-refractivity contribution in [3.8, 4) is 5.75 Å². The van der Waals surface area contributed by atoms with Gasteiger partial charge in [0.25, 0.3) is 5.91 Å². The van der Waals surface area contributed by atoms with Crippen LogP contribution < -0.4 is 10.1 Å². The lowest BCUT2D eigenvalue weighted by molar-refractivity contribution is -0.129. The molecule has 130 valence electrons. The fourth-order valence-corrected chi connectivity index (χ4v) is 2.94. The van der Waals surface area contributed by atoms with Crippen LogP contribution in [0.25, 0.3) is 10.9 Å². The van der Waals surface area contributed by atoms with E-state index in [0.717, 1.165) is 15.8 Å². The van der Waals surface area contributed by atoms with Crippen molar-refractivity contribution < 1.29 is 9.53 Å². The molecule has 1 unspecified atom stereocenters. The van der Waals surface area contributed by atoms with E-state index in [9.17, 15) is 4.79 Å². The van der Waals surface area contributed by atoms with Crippen LogP contribution >= 0.6 is 23.4 Å². The third-order valence-corrected chi connectivity index (χ3v) is 4.34. The molecule has 24 heavy (non-hydrogen) atoms. The number of thioether (sulfide) groups is 1. The second kappa shape index (κ2) is 7.62. The summed E-state index contributed by atoms with van der Waals surface area (Å²) in [5.41, 5.74) is 0.431. The van der Waals surface area contributed by atoms with Gasteiger partial charge in [0, 0.05) is 28.1 Å². The molecule has 0 saturated heterocycles. The van der Waals surface area contributed by atoms with Crippen LogP contribution in [0.2, 0.25) is 5.02 Å². The molecule has 1 N–H and O–H groups in total. The summed E-state index contributed by atoms with van der Waals surface area (Å²) in [4.78, 5) is 17.8. The molecule has 0 saturated carbocycles. The van der Waals surface area contributed by atoms with Crippen LogP contribution in [0.5, 0.6) is 5.75 Å². The van der Waals surface area contributed by atoms with Gasteiger partial charge in [0.05, 0.1) is 10.5 Å². The molecule has 0 spiro atoms. The molecule has 0 bridgehead atoms. The quantitative estimate of drug-likeness (QED) is 0.780. The Labute approximate surface area is 152 Å². The van der Waals surface area contributed by atoms with E-state index >= 15 is 0 Å². The van der Waals surface area contributed by atoms with Crippen LogP contribution in [0.15, 0.2) is 29.3 Å². The normalized spacial score (nSPS) is 12.9. The summed E-state index contributed by atoms with van der Waals surface area (Å²) in [5.74, 6) is 0.445. The zero-order valence-electron chi connectivity index (χ0n) is 14.6. The van der Waals surface area contributed by atoms with Crippen molar-refractivity contribution in [2.75, 3.05) is 6.26 Å². The molecule has 1 heterocycles. The van der Waals surface area contributed by atoms with Gasteiger partial charge in [-0.15, -0.1) is 11.8 Å². The first kappa shape index (κ1) is 18.9. The Balaban J connectivity index is 2.29. The molecule has 0 aliphatic heterocycles. The average Bonchev–Trinajstić information content (AvgIpc) is 2.50. The highest BCUT2D eigenvalue weighted by Crippen LogP contribution is 2.30. The molecule has 1 aromatic heterocycles. The number of halogens is 1. The van der Waals surface area contributed by atoms with E-state index in [4.69, 9.17) is 16.3 Å². The number of nitrogens with one attached hydrogen (secondary N) is 1. The van der Waals surface area contributed by atoms with Gasteiger partial charge in [0.15, 0.2) is 6.10 Å². The predicted molar refractivity (Wildman–Crippen MR) is 101 cm³/mol. The summed E-state index contributed by atoms with van der Waals surface area (Å²) in [6.45, 7) is 7.75. The largest absolute Gasteiger partial charge is 0.481 e. The molecule has 2 aromatic rings. The van der Waals surface area contributed by atoms with Crippen molar-refractivity contribution in [2.45, 2.75) is 50.7 Å². The first-order valence-corrected chi connectivity index (χ1v) is 9.45. The van der Waals surface area contributed by atoms with Gasteiger partial charge in [-0.2, -0.15) is 0 Å². The van der Waals surface area contributed by atoms with Gasteiger partial charge >= 0.3 is 0 Å². The van der Waals surface area contributed by atoms with E-state index in [-0.39, 0.29) is 11.4 Å². The lowest BCUT2D eigenvalue weighted by atomic mass is 10.1. The van der Waals surface area contributed by atoms with Crippen LogP contribution in [0, 0.1) is 0 Å². The second-order valence-corrected chi connectivity index (χ2v) is 7.89. The summed E-state index contributed by atoms with van der Waals surface area (Å²) < 4.78 is 5.90. The maximum Gasteiger partial charge on any atom is 0.261 e. The Bertz CT molecular complexity index is 744. The van der Waals surface area contributed by atoms with Crippen LogP contribution in [-0.4, -0.2) is 28.8 Å². The number of fused-ring (bicyclic) bond motifs is 1. The zero-order valence-corrected chi connectivity index (χ0v) is 16.2. The molecule has 2 rings (SSSR count). The molecule has 4 nitrogen and oxygen atoms in total. The predicted octanol–water partition coefficient (Wildman–Crippen LogP) is 4.68. The van der Waals surface area contributed by atoms with Crippen molar-refractivity contribution in [1.29, 1.82) is 0 Å². The summed E-state index contributed by atoms with van der Waals surface area (Å²) >= 11 is 7.94. The molecule has 6 heteroatoms. The number of benzene rings is 1. The smallest absolute Gasteiger partial charge is 0.261 e. The molecule has 0 fully saturated rings. The van der Waals surface area contributed by atoms with Gasteiger partial charge in [-0.25, -0.2) is 0 Å². The lowest BCUT2D eigenvalue weighted by Gasteiger charge is -2.25. The number of nitrogens with zero attached hydrogens (tertiary/aromatic N) is 1. The highest BCUT2D eigenvalue weighted by atomic mass is 35.5. The summed E-state index contributed by atoms with van der Waals surface area (Å²) in [7, 11) is 0. The number of hydrogen-bond donors (Lipinski definition) is 1. The van der Waals surface area contributed by atoms with Gasteiger partial charge in [0.1, 0.15) is 5.75 Å². The highest BCUT2D eigenvalue weighted by molar-refractivity contribution is 7.98. The van der Waals surface area contributed by atoms with Crippen molar-refractivity contribution in [3.05, 3.63) is 29.4 Å². The average molecular weight is 367 g/mol. The molecule has 0 radical (unpaired) electrons. The van der Waals surface area contributed by atoms with Crippen LogP contribution in [0.3, 0.4) is 0 Å². The van der Waals surface area contributed by atoms with Gasteiger partial charge in [-0.1, -0.05) is 18.5 Å². The van der Waals surface area contributed by atoms with E-state index in [0.29, 0.717) is 17.2 Å². The fraction of sp³-hybridized carbons (Fsp3) is 0.444. The second-order valence-electron chi connectivity index (χ2n) is 6.61. The molecular formula is C18H23ClN2O2S. The van der Waals surface area contributed by atoms with E-state index in [1.165, 1.54) is 0 Å². The minimum Gasteiger partial charge on any atom is -0.481 e. The third kappa shape index (κ3) is 4.77. The number of carbonyl (C=O) groups excluding carboxylic acids is 1. The van der Waals surface area contributed by atoms with Crippen molar-refractivity contribution >= 4 is 40.2 Å². The maximum atomic E-state index is 12.4. The maximum absolute atomic E-state index is 12.4. The molecule has 1 atom stereocenters. The Morgan fingerprint density at radius 2 is 2.08 bits per heavy atom. The molecule has 1 amide bonds. The fourth-order valence-electron chi connectivity index (χ4n) is 2.28. The summed E-state index contributed by atoms with van der Waals surface area (Å²) in [6.07, 6.45) is 3.80. The highest BCUT2D eigenvalue weighted by Gasteiger charge is 2.23. The number of hydrogen-bond acceptors (Lipinski definition) is 4. The topological polar surface area (TPSA) is 51.2 Å².